The van der Waals surface area contributed by atoms with Crippen molar-refractivity contribution >= 4 is 11.9 Å². The van der Waals surface area contributed by atoms with Gasteiger partial charge >= 0.3 is 5.97 Å². The molecule has 0 spiro atoms. The maximum atomic E-state index is 12.5. The Morgan fingerprint density at radius 1 is 1.36 bits per heavy atom. The van der Waals surface area contributed by atoms with Crippen LogP contribution in [0, 0.1) is 5.92 Å². The number of rotatable bonds is 5. The highest BCUT2D eigenvalue weighted by molar-refractivity contribution is 5.79. The minimum absolute atomic E-state index is 0.138. The van der Waals surface area contributed by atoms with Crippen LogP contribution >= 0.6 is 0 Å². The van der Waals surface area contributed by atoms with Gasteiger partial charge in [0.05, 0.1) is 5.69 Å². The highest BCUT2D eigenvalue weighted by atomic mass is 16.4. The Kier molecular flexibility index (Phi) is 4.97. The second-order valence-corrected chi connectivity index (χ2v) is 7.53. The van der Waals surface area contributed by atoms with E-state index in [1.165, 1.54) is 0 Å². The highest BCUT2D eigenvalue weighted by Crippen LogP contribution is 2.32. The van der Waals surface area contributed by atoms with Gasteiger partial charge in [0.25, 0.3) is 0 Å². The van der Waals surface area contributed by atoms with E-state index < -0.39 is 11.5 Å². The zero-order chi connectivity index (χ0) is 18.0. The van der Waals surface area contributed by atoms with Gasteiger partial charge in [0.1, 0.15) is 0 Å². The minimum Gasteiger partial charge on any atom is -0.479 e. The molecule has 2 aliphatic rings. The average Bonchev–Trinajstić information content (AvgIpc) is 3.26. The summed E-state index contributed by atoms with van der Waals surface area (Å²) < 4.78 is 1.60. The summed E-state index contributed by atoms with van der Waals surface area (Å²) in [6.07, 6.45) is 9.46. The smallest absolute Gasteiger partial charge is 0.331 e. The van der Waals surface area contributed by atoms with Crippen LogP contribution in [-0.4, -0.2) is 44.8 Å². The third kappa shape index (κ3) is 3.48. The summed E-state index contributed by atoms with van der Waals surface area (Å²) in [6.45, 7) is 5.02. The summed E-state index contributed by atoms with van der Waals surface area (Å²) in [5.74, 6) is -0.123. The number of hydrogen-bond acceptors (Lipinski definition) is 3. The van der Waals surface area contributed by atoms with Crippen molar-refractivity contribution in [3.63, 3.8) is 0 Å². The lowest BCUT2D eigenvalue weighted by atomic mass is 9.87. The van der Waals surface area contributed by atoms with Crippen molar-refractivity contribution in [3.05, 3.63) is 30.1 Å². The Morgan fingerprint density at radius 2 is 2.08 bits per heavy atom. The SMILES string of the molecule is CC(C)c1ccn(C2(C(=O)O)CCN(C(=O)C[C@H]3C=CCC3)CC2)n1. The molecule has 1 aromatic rings. The first-order chi connectivity index (χ1) is 11.9. The van der Waals surface area contributed by atoms with E-state index in [0.29, 0.717) is 38.3 Å². The molecule has 1 amide bonds. The van der Waals surface area contributed by atoms with E-state index in [9.17, 15) is 14.7 Å². The second-order valence-electron chi connectivity index (χ2n) is 7.53. The Labute approximate surface area is 148 Å². The van der Waals surface area contributed by atoms with E-state index >= 15 is 0 Å². The van der Waals surface area contributed by atoms with E-state index in [-0.39, 0.29) is 11.8 Å². The number of amides is 1. The van der Waals surface area contributed by atoms with E-state index in [2.05, 4.69) is 17.3 Å². The van der Waals surface area contributed by atoms with Crippen LogP contribution in [0.1, 0.15) is 57.6 Å². The Morgan fingerprint density at radius 3 is 2.60 bits per heavy atom. The number of carboxylic acids is 1. The van der Waals surface area contributed by atoms with Crippen molar-refractivity contribution in [2.24, 2.45) is 5.92 Å². The van der Waals surface area contributed by atoms with Crippen molar-refractivity contribution in [3.8, 4) is 0 Å². The Bertz CT molecular complexity index is 669. The predicted molar refractivity (Wildman–Crippen MR) is 94.2 cm³/mol. The average molecular weight is 345 g/mol. The van der Waals surface area contributed by atoms with E-state index in [4.69, 9.17) is 0 Å². The summed E-state index contributed by atoms with van der Waals surface area (Å²) in [5, 5.41) is 14.4. The maximum absolute atomic E-state index is 12.5. The van der Waals surface area contributed by atoms with Gasteiger partial charge in [0, 0.05) is 38.5 Å². The number of likely N-dealkylation sites (tertiary alicyclic amines) is 1. The molecule has 3 rings (SSSR count). The molecule has 1 aromatic heterocycles. The molecule has 1 aliphatic carbocycles. The van der Waals surface area contributed by atoms with Gasteiger partial charge in [-0.05, 0) is 30.7 Å². The van der Waals surface area contributed by atoms with Crippen molar-refractivity contribution in [2.45, 2.75) is 57.4 Å². The molecule has 136 valence electrons. The number of aromatic nitrogens is 2. The summed E-state index contributed by atoms with van der Waals surface area (Å²) in [5.41, 5.74) is -0.149. The highest BCUT2D eigenvalue weighted by Gasteiger charge is 2.45. The van der Waals surface area contributed by atoms with Crippen molar-refractivity contribution in [2.75, 3.05) is 13.1 Å². The van der Waals surface area contributed by atoms with Gasteiger partial charge in [-0.2, -0.15) is 5.10 Å². The largest absolute Gasteiger partial charge is 0.479 e. The van der Waals surface area contributed by atoms with Gasteiger partial charge in [-0.15, -0.1) is 0 Å². The second kappa shape index (κ2) is 7.02. The number of carbonyl (C=O) groups is 2. The summed E-state index contributed by atoms with van der Waals surface area (Å²) >= 11 is 0. The first-order valence-corrected chi connectivity index (χ1v) is 9.16. The quantitative estimate of drug-likeness (QED) is 0.833. The lowest BCUT2D eigenvalue weighted by molar-refractivity contribution is -0.153. The van der Waals surface area contributed by atoms with Crippen LogP contribution in [0.4, 0.5) is 0 Å². The molecule has 1 N–H and O–H groups in total. The first kappa shape index (κ1) is 17.7. The first-order valence-electron chi connectivity index (χ1n) is 9.16. The predicted octanol–water partition coefficient (Wildman–Crippen LogP) is 2.77. The van der Waals surface area contributed by atoms with Gasteiger partial charge < -0.3 is 10.0 Å². The van der Waals surface area contributed by atoms with Crippen LogP contribution in [-0.2, 0) is 15.1 Å². The molecule has 0 radical (unpaired) electrons. The van der Waals surface area contributed by atoms with Crippen LogP contribution in [0.3, 0.4) is 0 Å². The number of allylic oxidation sites excluding steroid dienone is 2. The number of aliphatic carboxylic acids is 1. The molecule has 1 aliphatic heterocycles. The third-order valence-electron chi connectivity index (χ3n) is 5.53. The summed E-state index contributed by atoms with van der Waals surface area (Å²) in [7, 11) is 0. The molecule has 0 aromatic carbocycles. The topological polar surface area (TPSA) is 75.4 Å². The summed E-state index contributed by atoms with van der Waals surface area (Å²) in [4.78, 5) is 26.3. The maximum Gasteiger partial charge on any atom is 0.331 e. The van der Waals surface area contributed by atoms with Crippen LogP contribution in [0.5, 0.6) is 0 Å². The molecule has 1 fully saturated rings. The Balaban J connectivity index is 1.68. The monoisotopic (exact) mass is 345 g/mol. The van der Waals surface area contributed by atoms with Gasteiger partial charge in [-0.25, -0.2) is 4.79 Å². The fraction of sp³-hybridized carbons (Fsp3) is 0.632. The molecule has 0 unspecified atom stereocenters. The standard InChI is InChI=1S/C19H27N3O3/c1-14(2)16-7-10-22(20-16)19(18(24)25)8-11-21(12-9-19)17(23)13-15-5-3-4-6-15/h3,5,7,10,14-15H,4,6,8-9,11-13H2,1-2H3,(H,24,25)/t15-/m0/s1. The molecule has 2 heterocycles. The van der Waals surface area contributed by atoms with Crippen LogP contribution in [0.2, 0.25) is 0 Å². The molecule has 25 heavy (non-hydrogen) atoms. The fourth-order valence-corrected chi connectivity index (χ4v) is 3.77. The zero-order valence-corrected chi connectivity index (χ0v) is 15.0. The number of hydrogen-bond donors (Lipinski definition) is 1. The van der Waals surface area contributed by atoms with Gasteiger partial charge in [0.15, 0.2) is 5.54 Å². The summed E-state index contributed by atoms with van der Waals surface area (Å²) in [6, 6.07) is 1.89. The number of piperidine rings is 1. The molecular formula is C19H27N3O3. The van der Waals surface area contributed by atoms with Gasteiger partial charge in [-0.3, -0.25) is 9.48 Å². The Hall–Kier alpha value is -2.11. The van der Waals surface area contributed by atoms with Gasteiger partial charge in [0.2, 0.25) is 5.91 Å². The lowest BCUT2D eigenvalue weighted by Gasteiger charge is -2.39. The third-order valence-corrected chi connectivity index (χ3v) is 5.53. The normalized spacial score (nSPS) is 22.5. The van der Waals surface area contributed by atoms with Gasteiger partial charge in [-0.1, -0.05) is 26.0 Å². The zero-order valence-electron chi connectivity index (χ0n) is 15.0. The van der Waals surface area contributed by atoms with Crippen LogP contribution in [0.15, 0.2) is 24.4 Å². The van der Waals surface area contributed by atoms with Crippen LogP contribution in [0.25, 0.3) is 0 Å². The molecule has 6 nitrogen and oxygen atoms in total. The van der Waals surface area contributed by atoms with Crippen molar-refractivity contribution < 1.29 is 14.7 Å². The molecule has 0 saturated carbocycles. The van der Waals surface area contributed by atoms with Crippen molar-refractivity contribution in [1.82, 2.24) is 14.7 Å². The molecule has 1 saturated heterocycles. The van der Waals surface area contributed by atoms with E-state index in [1.54, 1.807) is 10.9 Å². The number of carboxylic acid groups (broad SMARTS) is 1. The molecular weight excluding hydrogens is 318 g/mol. The van der Waals surface area contributed by atoms with E-state index in [1.807, 2.05) is 24.8 Å². The number of nitrogens with zero attached hydrogens (tertiary/aromatic N) is 3. The van der Waals surface area contributed by atoms with E-state index in [0.717, 1.165) is 18.5 Å². The molecule has 6 heteroatoms. The molecule has 1 atom stereocenters. The molecule has 0 bridgehead atoms. The minimum atomic E-state index is -1.04. The lowest BCUT2D eigenvalue weighted by Crippen LogP contribution is -2.52. The number of carbonyl (C=O) groups excluding carboxylic acids is 1. The van der Waals surface area contributed by atoms with Crippen LogP contribution < -0.4 is 0 Å². The fourth-order valence-electron chi connectivity index (χ4n) is 3.77. The van der Waals surface area contributed by atoms with Crippen molar-refractivity contribution in [1.29, 1.82) is 0 Å².